The third kappa shape index (κ3) is 2.59. The Morgan fingerprint density at radius 2 is 2.12 bits per heavy atom. The van der Waals surface area contributed by atoms with Gasteiger partial charge in [0.2, 0.25) is 5.91 Å². The molecule has 0 spiro atoms. The maximum atomic E-state index is 12.5. The van der Waals surface area contributed by atoms with E-state index >= 15 is 0 Å². The highest BCUT2D eigenvalue weighted by Crippen LogP contribution is 2.31. The molecule has 0 saturated heterocycles. The van der Waals surface area contributed by atoms with Crippen LogP contribution in [-0.4, -0.2) is 17.1 Å². The maximum Gasteiger partial charge on any atom is 0.225 e. The highest BCUT2D eigenvalue weighted by Gasteiger charge is 2.31. The van der Waals surface area contributed by atoms with Crippen LogP contribution in [0.4, 0.5) is 0 Å². The molecule has 1 amide bonds. The van der Waals surface area contributed by atoms with Crippen LogP contribution in [0.2, 0.25) is 0 Å². The van der Waals surface area contributed by atoms with E-state index in [1.54, 1.807) is 6.26 Å². The Labute approximate surface area is 140 Å². The van der Waals surface area contributed by atoms with Crippen molar-refractivity contribution in [2.45, 2.75) is 31.9 Å². The van der Waals surface area contributed by atoms with Crippen LogP contribution in [0.25, 0.3) is 11.0 Å². The summed E-state index contributed by atoms with van der Waals surface area (Å²) in [6, 6.07) is 13.5. The Kier molecular flexibility index (Phi) is 3.62. The van der Waals surface area contributed by atoms with Gasteiger partial charge in [-0.05, 0) is 29.7 Å². The largest absolute Gasteiger partial charge is 0.464 e. The molecule has 3 aromatic rings. The number of fused-ring (bicyclic) bond motifs is 2. The zero-order chi connectivity index (χ0) is 16.7. The van der Waals surface area contributed by atoms with Crippen molar-refractivity contribution in [3.05, 3.63) is 71.0 Å². The Morgan fingerprint density at radius 3 is 3.00 bits per heavy atom. The van der Waals surface area contributed by atoms with Crippen molar-refractivity contribution in [1.82, 2.24) is 5.32 Å². The topological polar surface area (TPSA) is 62.5 Å². The Hall–Kier alpha value is -2.59. The molecule has 122 valence electrons. The van der Waals surface area contributed by atoms with Crippen molar-refractivity contribution in [2.75, 3.05) is 0 Å². The van der Waals surface area contributed by atoms with Gasteiger partial charge in [-0.1, -0.05) is 36.4 Å². The number of hydrogen-bond donors (Lipinski definition) is 2. The summed E-state index contributed by atoms with van der Waals surface area (Å²) in [6.45, 7) is 2.01. The molecule has 1 aliphatic rings. The van der Waals surface area contributed by atoms with Crippen LogP contribution < -0.4 is 5.32 Å². The van der Waals surface area contributed by atoms with Gasteiger partial charge >= 0.3 is 0 Å². The standard InChI is InChI=1S/C20H19NO3/c1-12-6-7-15-14(11-24-18(15)8-12)10-19(23)21-20-16-5-3-2-4-13(16)9-17(20)22/h2-8,11,17,20,22H,9-10H2,1H3,(H,21,23). The minimum atomic E-state index is -0.574. The average molecular weight is 321 g/mol. The van der Waals surface area contributed by atoms with Gasteiger partial charge in [0.05, 0.1) is 24.8 Å². The van der Waals surface area contributed by atoms with E-state index in [2.05, 4.69) is 5.32 Å². The molecule has 2 unspecified atom stereocenters. The van der Waals surface area contributed by atoms with Crippen LogP contribution in [0, 0.1) is 6.92 Å². The summed E-state index contributed by atoms with van der Waals surface area (Å²) in [6.07, 6.45) is 1.88. The summed E-state index contributed by atoms with van der Waals surface area (Å²) in [5, 5.41) is 14.2. The number of carbonyl (C=O) groups excluding carboxylic acids is 1. The van der Waals surface area contributed by atoms with Gasteiger partial charge < -0.3 is 14.8 Å². The molecule has 0 saturated carbocycles. The predicted molar refractivity (Wildman–Crippen MR) is 91.7 cm³/mol. The van der Waals surface area contributed by atoms with Crippen molar-refractivity contribution < 1.29 is 14.3 Å². The molecule has 4 heteroatoms. The molecule has 24 heavy (non-hydrogen) atoms. The molecule has 0 radical (unpaired) electrons. The van der Waals surface area contributed by atoms with Crippen LogP contribution in [0.15, 0.2) is 53.1 Å². The fraction of sp³-hybridized carbons (Fsp3) is 0.250. The number of hydrogen-bond acceptors (Lipinski definition) is 3. The molecule has 0 bridgehead atoms. The first-order valence-electron chi connectivity index (χ1n) is 8.14. The minimum Gasteiger partial charge on any atom is -0.464 e. The molecule has 2 atom stereocenters. The van der Waals surface area contributed by atoms with Crippen LogP contribution in [0.3, 0.4) is 0 Å². The van der Waals surface area contributed by atoms with Crippen LogP contribution in [0.1, 0.15) is 28.3 Å². The Bertz CT molecular complexity index is 912. The summed E-state index contributed by atoms with van der Waals surface area (Å²) in [7, 11) is 0. The summed E-state index contributed by atoms with van der Waals surface area (Å²) in [4.78, 5) is 12.5. The van der Waals surface area contributed by atoms with Crippen molar-refractivity contribution in [1.29, 1.82) is 0 Å². The summed E-state index contributed by atoms with van der Waals surface area (Å²) >= 11 is 0. The molecule has 2 aromatic carbocycles. The Balaban J connectivity index is 1.52. The predicted octanol–water partition coefficient (Wildman–Crippen LogP) is 3.06. The molecule has 2 N–H and O–H groups in total. The van der Waals surface area contributed by atoms with Crippen LogP contribution >= 0.6 is 0 Å². The van der Waals surface area contributed by atoms with E-state index < -0.39 is 6.10 Å². The number of benzene rings is 2. The van der Waals surface area contributed by atoms with Gasteiger partial charge in [-0.3, -0.25) is 4.79 Å². The van der Waals surface area contributed by atoms with E-state index in [1.807, 2.05) is 49.4 Å². The van der Waals surface area contributed by atoms with Gasteiger partial charge in [0.1, 0.15) is 5.58 Å². The van der Waals surface area contributed by atoms with Gasteiger partial charge in [0.15, 0.2) is 0 Å². The van der Waals surface area contributed by atoms with Gasteiger partial charge in [0, 0.05) is 17.4 Å². The van der Waals surface area contributed by atoms with Crippen molar-refractivity contribution in [2.24, 2.45) is 0 Å². The summed E-state index contributed by atoms with van der Waals surface area (Å²) in [5.74, 6) is -0.112. The Morgan fingerprint density at radius 1 is 1.29 bits per heavy atom. The van der Waals surface area contributed by atoms with Crippen LogP contribution in [-0.2, 0) is 17.6 Å². The lowest BCUT2D eigenvalue weighted by Crippen LogP contribution is -2.34. The fourth-order valence-electron chi connectivity index (χ4n) is 3.47. The number of aryl methyl sites for hydroxylation is 1. The molecule has 4 nitrogen and oxygen atoms in total. The highest BCUT2D eigenvalue weighted by molar-refractivity contribution is 5.88. The summed E-state index contributed by atoms with van der Waals surface area (Å²) < 4.78 is 5.55. The van der Waals surface area contributed by atoms with E-state index in [4.69, 9.17) is 4.42 Å². The third-order valence-corrected chi connectivity index (χ3v) is 4.68. The zero-order valence-corrected chi connectivity index (χ0v) is 13.5. The first-order chi connectivity index (χ1) is 11.6. The normalized spacial score (nSPS) is 19.4. The highest BCUT2D eigenvalue weighted by atomic mass is 16.3. The van der Waals surface area contributed by atoms with E-state index in [9.17, 15) is 9.90 Å². The van der Waals surface area contributed by atoms with Crippen LogP contribution in [0.5, 0.6) is 0 Å². The number of rotatable bonds is 3. The third-order valence-electron chi connectivity index (χ3n) is 4.68. The smallest absolute Gasteiger partial charge is 0.225 e. The molecule has 1 aromatic heterocycles. The number of carbonyl (C=O) groups is 1. The van der Waals surface area contributed by atoms with E-state index in [-0.39, 0.29) is 18.4 Å². The number of furan rings is 1. The summed E-state index contributed by atoms with van der Waals surface area (Å²) in [5.41, 5.74) is 4.89. The van der Waals surface area contributed by atoms with E-state index in [0.717, 1.165) is 33.2 Å². The van der Waals surface area contributed by atoms with Gasteiger partial charge in [-0.2, -0.15) is 0 Å². The number of amides is 1. The van der Waals surface area contributed by atoms with E-state index in [1.165, 1.54) is 0 Å². The molecular weight excluding hydrogens is 302 g/mol. The van der Waals surface area contributed by atoms with Gasteiger partial charge in [0.25, 0.3) is 0 Å². The lowest BCUT2D eigenvalue weighted by atomic mass is 10.1. The number of aliphatic hydroxyl groups is 1. The van der Waals surface area contributed by atoms with Gasteiger partial charge in [-0.25, -0.2) is 0 Å². The lowest BCUT2D eigenvalue weighted by molar-refractivity contribution is -0.121. The minimum absolute atomic E-state index is 0.112. The molecule has 0 aliphatic heterocycles. The quantitative estimate of drug-likeness (QED) is 0.779. The van der Waals surface area contributed by atoms with Crippen molar-refractivity contribution in [3.8, 4) is 0 Å². The number of nitrogens with one attached hydrogen (secondary N) is 1. The lowest BCUT2D eigenvalue weighted by Gasteiger charge is -2.17. The maximum absolute atomic E-state index is 12.5. The first-order valence-corrected chi connectivity index (χ1v) is 8.14. The average Bonchev–Trinajstić information content (AvgIpc) is 3.09. The molecule has 0 fully saturated rings. The second-order valence-corrected chi connectivity index (χ2v) is 6.45. The SMILES string of the molecule is Cc1ccc2c(CC(=O)NC3c4ccccc4CC3O)coc2c1. The fourth-order valence-corrected chi connectivity index (χ4v) is 3.47. The second kappa shape index (κ2) is 5.80. The zero-order valence-electron chi connectivity index (χ0n) is 13.5. The van der Waals surface area contributed by atoms with E-state index in [0.29, 0.717) is 6.42 Å². The molecule has 1 aliphatic carbocycles. The number of aliphatic hydroxyl groups excluding tert-OH is 1. The van der Waals surface area contributed by atoms with Gasteiger partial charge in [-0.15, -0.1) is 0 Å². The molecule has 1 heterocycles. The molecular formula is C20H19NO3. The monoisotopic (exact) mass is 321 g/mol. The second-order valence-electron chi connectivity index (χ2n) is 6.45. The van der Waals surface area contributed by atoms with Crippen molar-refractivity contribution in [3.63, 3.8) is 0 Å². The van der Waals surface area contributed by atoms with Crippen molar-refractivity contribution >= 4 is 16.9 Å². The first kappa shape index (κ1) is 15.0. The molecule has 4 rings (SSSR count).